The highest BCUT2D eigenvalue weighted by Gasteiger charge is 2.36. The molecule has 1 aromatic rings. The molecule has 0 aliphatic heterocycles. The second-order valence-corrected chi connectivity index (χ2v) is 5.50. The molecule has 2 unspecified atom stereocenters. The number of nitrogens with zero attached hydrogens (tertiary/aromatic N) is 2. The molecule has 1 heterocycles. The fourth-order valence-electron chi connectivity index (χ4n) is 1.83. The van der Waals surface area contributed by atoms with Gasteiger partial charge in [-0.05, 0) is 18.3 Å². The quantitative estimate of drug-likeness (QED) is 0.777. The first-order valence-electron chi connectivity index (χ1n) is 5.24. The molecular weight excluding hydrogens is 174 g/mol. The van der Waals surface area contributed by atoms with E-state index < -0.39 is 0 Å². The Balaban J connectivity index is 2.14. The molecule has 0 aromatic carbocycles. The molecule has 1 aliphatic rings. The summed E-state index contributed by atoms with van der Waals surface area (Å²) in [4.78, 5) is 4.21. The van der Waals surface area contributed by atoms with Crippen LogP contribution in [0.25, 0.3) is 0 Å². The van der Waals surface area contributed by atoms with Gasteiger partial charge in [-0.15, -0.1) is 0 Å². The topological polar surface area (TPSA) is 43.8 Å². The summed E-state index contributed by atoms with van der Waals surface area (Å²) in [5.74, 6) is 0. The first kappa shape index (κ1) is 9.71. The Morgan fingerprint density at radius 1 is 1.57 bits per heavy atom. The lowest BCUT2D eigenvalue weighted by Gasteiger charge is -2.19. The number of nitrogens with two attached hydrogens (primary N) is 1. The van der Waals surface area contributed by atoms with Crippen LogP contribution in [0.3, 0.4) is 0 Å². The Hall–Kier alpha value is -0.830. The highest BCUT2D eigenvalue weighted by atomic mass is 15.1. The zero-order valence-corrected chi connectivity index (χ0v) is 9.20. The molecule has 2 atom stereocenters. The maximum absolute atomic E-state index is 5.84. The molecule has 0 saturated heterocycles. The highest BCUT2D eigenvalue weighted by molar-refractivity contribution is 5.09. The summed E-state index contributed by atoms with van der Waals surface area (Å²) in [6.07, 6.45) is 6.05. The lowest BCUT2D eigenvalue weighted by molar-refractivity contribution is 0.397. The molecule has 0 spiro atoms. The minimum atomic E-state index is 0.316. The van der Waals surface area contributed by atoms with Crippen molar-refractivity contribution in [2.24, 2.45) is 11.1 Å². The van der Waals surface area contributed by atoms with E-state index in [9.17, 15) is 0 Å². The van der Waals surface area contributed by atoms with Crippen LogP contribution in [0.15, 0.2) is 12.5 Å². The Labute approximate surface area is 85.3 Å². The minimum absolute atomic E-state index is 0.316. The van der Waals surface area contributed by atoms with Crippen LogP contribution in [0.1, 0.15) is 38.9 Å². The Morgan fingerprint density at radius 3 is 2.71 bits per heavy atom. The van der Waals surface area contributed by atoms with Crippen molar-refractivity contribution in [3.05, 3.63) is 18.2 Å². The lowest BCUT2D eigenvalue weighted by atomic mass is 9.91. The molecule has 1 fully saturated rings. The molecule has 1 aliphatic carbocycles. The Kier molecular flexibility index (Phi) is 2.14. The fourth-order valence-corrected chi connectivity index (χ4v) is 1.83. The molecule has 78 valence electrons. The van der Waals surface area contributed by atoms with Gasteiger partial charge in [0.15, 0.2) is 0 Å². The van der Waals surface area contributed by atoms with Crippen molar-refractivity contribution in [3.8, 4) is 0 Å². The first-order chi connectivity index (χ1) is 6.47. The van der Waals surface area contributed by atoms with Crippen LogP contribution in [0.5, 0.6) is 0 Å². The zero-order chi connectivity index (χ0) is 10.3. The molecular formula is C11H19N3. The van der Waals surface area contributed by atoms with Gasteiger partial charge in [-0.1, -0.05) is 20.8 Å². The summed E-state index contributed by atoms with van der Waals surface area (Å²) < 4.78 is 2.25. The predicted molar refractivity (Wildman–Crippen MR) is 57.0 cm³/mol. The molecule has 2 N–H and O–H groups in total. The maximum Gasteiger partial charge on any atom is 0.0951 e. The largest absolute Gasteiger partial charge is 0.330 e. The first-order valence-corrected chi connectivity index (χ1v) is 5.24. The smallest absolute Gasteiger partial charge is 0.0951 e. The van der Waals surface area contributed by atoms with Gasteiger partial charge in [0.2, 0.25) is 0 Å². The van der Waals surface area contributed by atoms with E-state index in [0.29, 0.717) is 17.5 Å². The van der Waals surface area contributed by atoms with Gasteiger partial charge in [-0.2, -0.15) is 0 Å². The average molecular weight is 193 g/mol. The van der Waals surface area contributed by atoms with Crippen molar-refractivity contribution in [1.82, 2.24) is 9.55 Å². The van der Waals surface area contributed by atoms with E-state index in [1.807, 2.05) is 12.5 Å². The molecule has 1 saturated carbocycles. The third-order valence-electron chi connectivity index (χ3n) is 2.62. The summed E-state index contributed by atoms with van der Waals surface area (Å²) >= 11 is 0. The highest BCUT2D eigenvalue weighted by Crippen LogP contribution is 2.35. The second-order valence-electron chi connectivity index (χ2n) is 5.50. The van der Waals surface area contributed by atoms with Crippen molar-refractivity contribution < 1.29 is 0 Å². The van der Waals surface area contributed by atoms with Crippen LogP contribution in [0.4, 0.5) is 0 Å². The van der Waals surface area contributed by atoms with Crippen LogP contribution < -0.4 is 5.73 Å². The van der Waals surface area contributed by atoms with E-state index >= 15 is 0 Å². The summed E-state index contributed by atoms with van der Waals surface area (Å²) in [6.45, 7) is 6.74. The SMILES string of the molecule is CC(C)(C)Cc1cncn1C1CC1N. The normalized spacial score (nSPS) is 26.6. The number of imidazole rings is 1. The van der Waals surface area contributed by atoms with Gasteiger partial charge in [0.25, 0.3) is 0 Å². The minimum Gasteiger partial charge on any atom is -0.330 e. The third kappa shape index (κ3) is 1.98. The fraction of sp³-hybridized carbons (Fsp3) is 0.727. The van der Waals surface area contributed by atoms with Gasteiger partial charge in [0.1, 0.15) is 0 Å². The molecule has 0 radical (unpaired) electrons. The van der Waals surface area contributed by atoms with Gasteiger partial charge in [0, 0.05) is 17.9 Å². The molecule has 0 amide bonds. The number of hydrogen-bond acceptors (Lipinski definition) is 2. The van der Waals surface area contributed by atoms with Crippen LogP contribution in [0.2, 0.25) is 0 Å². The van der Waals surface area contributed by atoms with E-state index in [2.05, 4.69) is 30.3 Å². The monoisotopic (exact) mass is 193 g/mol. The van der Waals surface area contributed by atoms with Crippen molar-refractivity contribution in [2.45, 2.75) is 45.7 Å². The van der Waals surface area contributed by atoms with E-state index in [-0.39, 0.29) is 0 Å². The van der Waals surface area contributed by atoms with Crippen molar-refractivity contribution in [2.75, 3.05) is 0 Å². The molecule has 3 nitrogen and oxygen atoms in total. The van der Waals surface area contributed by atoms with Gasteiger partial charge < -0.3 is 10.3 Å². The van der Waals surface area contributed by atoms with Crippen molar-refractivity contribution >= 4 is 0 Å². The molecule has 3 heteroatoms. The summed E-state index contributed by atoms with van der Waals surface area (Å²) in [6, 6.07) is 0.859. The number of aromatic nitrogens is 2. The van der Waals surface area contributed by atoms with E-state index in [4.69, 9.17) is 5.73 Å². The van der Waals surface area contributed by atoms with Crippen LogP contribution in [0, 0.1) is 5.41 Å². The third-order valence-corrected chi connectivity index (χ3v) is 2.62. The zero-order valence-electron chi connectivity index (χ0n) is 9.20. The predicted octanol–water partition coefficient (Wildman–Crippen LogP) is 1.74. The standard InChI is InChI=1S/C11H19N3/c1-11(2,3)5-8-6-13-7-14(8)10-4-9(10)12/h6-7,9-10H,4-5,12H2,1-3H3. The van der Waals surface area contributed by atoms with Crippen molar-refractivity contribution in [1.29, 1.82) is 0 Å². The summed E-state index contributed by atoms with van der Waals surface area (Å²) in [5.41, 5.74) is 7.47. The van der Waals surface area contributed by atoms with Crippen LogP contribution >= 0.6 is 0 Å². The molecule has 2 rings (SSSR count). The summed E-state index contributed by atoms with van der Waals surface area (Å²) in [5, 5.41) is 0. The van der Waals surface area contributed by atoms with Gasteiger partial charge in [-0.25, -0.2) is 4.98 Å². The van der Waals surface area contributed by atoms with E-state index in [1.165, 1.54) is 5.69 Å². The average Bonchev–Trinajstić information content (AvgIpc) is 2.57. The van der Waals surface area contributed by atoms with Gasteiger partial charge in [-0.3, -0.25) is 0 Å². The second kappa shape index (κ2) is 3.09. The van der Waals surface area contributed by atoms with Gasteiger partial charge >= 0.3 is 0 Å². The Morgan fingerprint density at radius 2 is 2.21 bits per heavy atom. The van der Waals surface area contributed by atoms with Crippen LogP contribution in [-0.4, -0.2) is 15.6 Å². The lowest BCUT2D eigenvalue weighted by Crippen LogP contribution is -2.14. The summed E-state index contributed by atoms with van der Waals surface area (Å²) in [7, 11) is 0. The van der Waals surface area contributed by atoms with Gasteiger partial charge in [0.05, 0.1) is 12.4 Å². The Bertz CT molecular complexity index is 322. The molecule has 1 aromatic heterocycles. The molecule has 14 heavy (non-hydrogen) atoms. The van der Waals surface area contributed by atoms with Crippen LogP contribution in [-0.2, 0) is 6.42 Å². The van der Waals surface area contributed by atoms with E-state index in [0.717, 1.165) is 12.8 Å². The van der Waals surface area contributed by atoms with E-state index in [1.54, 1.807) is 0 Å². The maximum atomic E-state index is 5.84. The number of hydrogen-bond donors (Lipinski definition) is 1. The number of rotatable bonds is 2. The molecule has 0 bridgehead atoms. The van der Waals surface area contributed by atoms with Crippen molar-refractivity contribution in [3.63, 3.8) is 0 Å².